The fourth-order valence-corrected chi connectivity index (χ4v) is 4.66. The van der Waals surface area contributed by atoms with Crippen LogP contribution in [0.1, 0.15) is 22.4 Å². The van der Waals surface area contributed by atoms with Crippen LogP contribution in [0.5, 0.6) is 11.5 Å². The van der Waals surface area contributed by atoms with E-state index in [4.69, 9.17) is 9.47 Å². The minimum Gasteiger partial charge on any atom is -0.496 e. The number of rotatable bonds is 8. The lowest BCUT2D eigenvalue weighted by atomic mass is 10.1. The third kappa shape index (κ3) is 5.60. The van der Waals surface area contributed by atoms with E-state index < -0.39 is 0 Å². The number of aryl methyl sites for hydroxylation is 1. The van der Waals surface area contributed by atoms with Gasteiger partial charge in [0.05, 0.1) is 36.9 Å². The van der Waals surface area contributed by atoms with E-state index >= 15 is 0 Å². The van der Waals surface area contributed by atoms with Crippen molar-refractivity contribution in [3.05, 3.63) is 75.2 Å². The van der Waals surface area contributed by atoms with Gasteiger partial charge < -0.3 is 19.8 Å². The van der Waals surface area contributed by atoms with Crippen LogP contribution in [0, 0.1) is 6.92 Å². The number of aromatic amines is 1. The molecule has 0 bridgehead atoms. The number of fused-ring (bicyclic) bond motifs is 1. The standard InChI is InChI=1S/C25H28N4O4S/c1-16-8-9-22(33-3)20(12-16)26-23(30)15-34-25-27-19-10-11-29(14-18(19)24(31)28-25)13-17-6-4-5-7-21(17)32-2/h4-9,12H,10-11,13-15H2,1-3H3,(H,26,30)(H,27,28,31). The van der Waals surface area contributed by atoms with Gasteiger partial charge in [0.1, 0.15) is 11.5 Å². The number of carbonyl (C=O) groups excluding carboxylic acids is 1. The second kappa shape index (κ2) is 10.8. The highest BCUT2D eigenvalue weighted by atomic mass is 32.2. The van der Waals surface area contributed by atoms with Crippen LogP contribution in [-0.2, 0) is 24.3 Å². The number of H-pyrrole nitrogens is 1. The van der Waals surface area contributed by atoms with E-state index in [1.54, 1.807) is 14.2 Å². The van der Waals surface area contributed by atoms with Crippen molar-refractivity contribution in [3.8, 4) is 11.5 Å². The summed E-state index contributed by atoms with van der Waals surface area (Å²) in [4.78, 5) is 34.9. The fraction of sp³-hybridized carbons (Fsp3) is 0.320. The first-order valence-electron chi connectivity index (χ1n) is 11.0. The van der Waals surface area contributed by atoms with Crippen LogP contribution in [0.3, 0.4) is 0 Å². The topological polar surface area (TPSA) is 96.5 Å². The van der Waals surface area contributed by atoms with Crippen LogP contribution < -0.4 is 20.3 Å². The molecular weight excluding hydrogens is 452 g/mol. The summed E-state index contributed by atoms with van der Waals surface area (Å²) in [6.07, 6.45) is 0.675. The lowest BCUT2D eigenvalue weighted by Gasteiger charge is -2.28. The molecule has 2 N–H and O–H groups in total. The lowest BCUT2D eigenvalue weighted by molar-refractivity contribution is -0.113. The molecule has 1 aliphatic heterocycles. The van der Waals surface area contributed by atoms with Gasteiger partial charge in [-0.2, -0.15) is 0 Å². The van der Waals surface area contributed by atoms with E-state index in [9.17, 15) is 9.59 Å². The number of anilines is 1. The molecule has 1 aliphatic rings. The number of para-hydroxylation sites is 1. The van der Waals surface area contributed by atoms with Crippen molar-refractivity contribution in [2.45, 2.75) is 31.6 Å². The molecule has 4 rings (SSSR count). The second-order valence-corrected chi connectivity index (χ2v) is 9.07. The van der Waals surface area contributed by atoms with E-state index in [-0.39, 0.29) is 17.2 Å². The zero-order valence-electron chi connectivity index (χ0n) is 19.5. The van der Waals surface area contributed by atoms with Crippen molar-refractivity contribution >= 4 is 23.4 Å². The molecule has 0 unspecified atom stereocenters. The van der Waals surface area contributed by atoms with Crippen molar-refractivity contribution in [3.63, 3.8) is 0 Å². The van der Waals surface area contributed by atoms with Gasteiger partial charge in [-0.15, -0.1) is 0 Å². The Labute approximate surface area is 202 Å². The van der Waals surface area contributed by atoms with Crippen LogP contribution in [0.2, 0.25) is 0 Å². The normalized spacial score (nSPS) is 13.3. The van der Waals surface area contributed by atoms with E-state index in [0.717, 1.165) is 29.1 Å². The van der Waals surface area contributed by atoms with E-state index in [1.807, 2.05) is 49.4 Å². The largest absolute Gasteiger partial charge is 0.496 e. The smallest absolute Gasteiger partial charge is 0.256 e. The number of benzene rings is 2. The number of nitrogens with one attached hydrogen (secondary N) is 2. The Morgan fingerprint density at radius 3 is 2.76 bits per heavy atom. The maximum absolute atomic E-state index is 12.8. The molecule has 2 aromatic carbocycles. The van der Waals surface area contributed by atoms with Gasteiger partial charge in [-0.05, 0) is 30.7 Å². The number of ether oxygens (including phenoxy) is 2. The highest BCUT2D eigenvalue weighted by Crippen LogP contribution is 2.26. The molecule has 8 nitrogen and oxygen atoms in total. The highest BCUT2D eigenvalue weighted by Gasteiger charge is 2.22. The Kier molecular flexibility index (Phi) is 7.54. The van der Waals surface area contributed by atoms with Crippen LogP contribution in [0.4, 0.5) is 5.69 Å². The minimum absolute atomic E-state index is 0.124. The lowest BCUT2D eigenvalue weighted by Crippen LogP contribution is -2.35. The SMILES string of the molecule is COc1ccccc1CN1CCc2nc(SCC(=O)Nc3cc(C)ccc3OC)[nH]c(=O)c2C1. The predicted molar refractivity (Wildman–Crippen MR) is 133 cm³/mol. The average molecular weight is 481 g/mol. The monoisotopic (exact) mass is 480 g/mol. The second-order valence-electron chi connectivity index (χ2n) is 8.11. The summed E-state index contributed by atoms with van der Waals surface area (Å²) < 4.78 is 10.8. The number of carbonyl (C=O) groups is 1. The quantitative estimate of drug-likeness (QED) is 0.377. The summed E-state index contributed by atoms with van der Waals surface area (Å²) in [5, 5.41) is 3.32. The third-order valence-electron chi connectivity index (χ3n) is 5.68. The van der Waals surface area contributed by atoms with Gasteiger partial charge in [-0.25, -0.2) is 4.98 Å². The van der Waals surface area contributed by atoms with Crippen LogP contribution in [0.25, 0.3) is 0 Å². The molecule has 0 saturated heterocycles. The molecule has 2 heterocycles. The van der Waals surface area contributed by atoms with Crippen LogP contribution in [0.15, 0.2) is 52.4 Å². The number of hydrogen-bond donors (Lipinski definition) is 2. The molecule has 0 radical (unpaired) electrons. The van der Waals surface area contributed by atoms with Crippen molar-refractivity contribution < 1.29 is 14.3 Å². The number of aromatic nitrogens is 2. The molecule has 0 aliphatic carbocycles. The first kappa shape index (κ1) is 23.8. The molecule has 1 amide bonds. The van der Waals surface area contributed by atoms with Crippen molar-refractivity contribution in [1.82, 2.24) is 14.9 Å². The van der Waals surface area contributed by atoms with Gasteiger partial charge in [0.2, 0.25) is 5.91 Å². The predicted octanol–water partition coefficient (Wildman–Crippen LogP) is 3.38. The highest BCUT2D eigenvalue weighted by molar-refractivity contribution is 7.99. The first-order chi connectivity index (χ1) is 16.5. The summed E-state index contributed by atoms with van der Waals surface area (Å²) in [5.41, 5.74) is 4.04. The van der Waals surface area contributed by atoms with Crippen LogP contribution in [-0.4, -0.2) is 47.3 Å². The van der Waals surface area contributed by atoms with Gasteiger partial charge in [-0.3, -0.25) is 14.5 Å². The summed E-state index contributed by atoms with van der Waals surface area (Å²) in [7, 11) is 3.23. The molecule has 34 heavy (non-hydrogen) atoms. The Hall–Kier alpha value is -3.30. The van der Waals surface area contributed by atoms with E-state index in [2.05, 4.69) is 20.2 Å². The summed E-state index contributed by atoms with van der Waals surface area (Å²) >= 11 is 1.21. The van der Waals surface area contributed by atoms with Gasteiger partial charge in [-0.1, -0.05) is 36.0 Å². The van der Waals surface area contributed by atoms with E-state index in [0.29, 0.717) is 41.7 Å². The molecule has 0 saturated carbocycles. The van der Waals surface area contributed by atoms with Crippen molar-refractivity contribution in [2.75, 3.05) is 31.8 Å². The molecule has 178 valence electrons. The zero-order chi connectivity index (χ0) is 24.1. The number of hydrogen-bond acceptors (Lipinski definition) is 7. The molecule has 1 aromatic heterocycles. The summed E-state index contributed by atoms with van der Waals surface area (Å²) in [5.74, 6) is 1.37. The minimum atomic E-state index is -0.197. The summed E-state index contributed by atoms with van der Waals surface area (Å²) in [6.45, 7) is 3.96. The zero-order valence-corrected chi connectivity index (χ0v) is 20.3. The molecular formula is C25H28N4O4S. The Bertz CT molecular complexity index is 1240. The molecule has 0 spiro atoms. The van der Waals surface area contributed by atoms with Crippen molar-refractivity contribution in [2.24, 2.45) is 0 Å². The van der Waals surface area contributed by atoms with Gasteiger partial charge in [0.25, 0.3) is 5.56 Å². The summed E-state index contributed by atoms with van der Waals surface area (Å²) in [6, 6.07) is 13.5. The number of amides is 1. The molecule has 0 atom stereocenters. The van der Waals surface area contributed by atoms with Gasteiger partial charge >= 0.3 is 0 Å². The van der Waals surface area contributed by atoms with Crippen molar-refractivity contribution in [1.29, 1.82) is 0 Å². The Morgan fingerprint density at radius 2 is 1.97 bits per heavy atom. The van der Waals surface area contributed by atoms with Crippen LogP contribution >= 0.6 is 11.8 Å². The third-order valence-corrected chi connectivity index (χ3v) is 6.55. The fourth-order valence-electron chi connectivity index (χ4n) is 3.98. The van der Waals surface area contributed by atoms with Gasteiger partial charge in [0, 0.05) is 31.6 Å². The molecule has 3 aromatic rings. The maximum atomic E-state index is 12.8. The maximum Gasteiger partial charge on any atom is 0.256 e. The molecule has 0 fully saturated rings. The number of methoxy groups -OCH3 is 2. The first-order valence-corrected chi connectivity index (χ1v) is 12.0. The average Bonchev–Trinajstić information content (AvgIpc) is 2.83. The Morgan fingerprint density at radius 1 is 1.18 bits per heavy atom. The number of thioether (sulfide) groups is 1. The Balaban J connectivity index is 1.39. The van der Waals surface area contributed by atoms with Gasteiger partial charge in [0.15, 0.2) is 5.16 Å². The molecule has 9 heteroatoms. The van der Waals surface area contributed by atoms with E-state index in [1.165, 1.54) is 11.8 Å². The number of nitrogens with zero attached hydrogens (tertiary/aromatic N) is 2.